The van der Waals surface area contributed by atoms with E-state index < -0.39 is 0 Å². The van der Waals surface area contributed by atoms with Gasteiger partial charge in [-0.25, -0.2) is 4.39 Å². The summed E-state index contributed by atoms with van der Waals surface area (Å²) in [4.78, 5) is 0. The van der Waals surface area contributed by atoms with Gasteiger partial charge in [-0.15, -0.1) is 0 Å². The molecule has 2 heteroatoms. The van der Waals surface area contributed by atoms with Crippen molar-refractivity contribution in [3.63, 3.8) is 0 Å². The average molecular weight is 207 g/mol. The van der Waals surface area contributed by atoms with Crippen LogP contribution < -0.4 is 5.73 Å². The Bertz CT molecular complexity index is 378. The molecular formula is C13H18FN. The Balaban J connectivity index is 2.49. The van der Waals surface area contributed by atoms with E-state index in [4.69, 9.17) is 5.73 Å². The van der Waals surface area contributed by atoms with Crippen molar-refractivity contribution >= 4 is 0 Å². The second-order valence-corrected chi connectivity index (χ2v) is 4.73. The summed E-state index contributed by atoms with van der Waals surface area (Å²) in [5.74, 6) is -0.0933. The Morgan fingerprint density at radius 1 is 1.20 bits per heavy atom. The molecule has 1 aromatic carbocycles. The maximum Gasteiger partial charge on any atom is 0.129 e. The molecule has 1 nitrogen and oxygen atoms in total. The summed E-state index contributed by atoms with van der Waals surface area (Å²) in [6, 6.07) is 3.84. The Morgan fingerprint density at radius 3 is 2.40 bits per heavy atom. The van der Waals surface area contributed by atoms with Gasteiger partial charge in [0, 0.05) is 5.54 Å². The van der Waals surface area contributed by atoms with E-state index >= 15 is 0 Å². The minimum Gasteiger partial charge on any atom is -0.321 e. The third kappa shape index (κ3) is 1.67. The Kier molecular flexibility index (Phi) is 2.55. The van der Waals surface area contributed by atoms with E-state index in [1.165, 1.54) is 0 Å². The molecular weight excluding hydrogens is 189 g/mol. The molecule has 2 N–H and O–H groups in total. The number of aryl methyl sites for hydroxylation is 1. The minimum atomic E-state index is -0.279. The molecule has 1 aromatic rings. The topological polar surface area (TPSA) is 26.0 Å². The molecule has 1 aliphatic carbocycles. The van der Waals surface area contributed by atoms with E-state index in [0.717, 1.165) is 36.8 Å². The second kappa shape index (κ2) is 3.60. The fourth-order valence-electron chi connectivity index (χ4n) is 2.64. The Labute approximate surface area is 90.5 Å². The third-order valence-corrected chi connectivity index (χ3v) is 3.61. The number of rotatable bonds is 1. The van der Waals surface area contributed by atoms with Gasteiger partial charge in [-0.1, -0.05) is 25.0 Å². The third-order valence-electron chi connectivity index (χ3n) is 3.61. The number of nitrogens with two attached hydrogens (primary N) is 1. The van der Waals surface area contributed by atoms with Crippen LogP contribution >= 0.6 is 0 Å². The van der Waals surface area contributed by atoms with E-state index in [1.54, 1.807) is 6.92 Å². The molecule has 1 saturated carbocycles. The van der Waals surface area contributed by atoms with E-state index in [0.29, 0.717) is 5.56 Å². The molecule has 0 amide bonds. The first kappa shape index (κ1) is 10.6. The van der Waals surface area contributed by atoms with Crippen LogP contribution in [0.4, 0.5) is 4.39 Å². The van der Waals surface area contributed by atoms with Crippen LogP contribution in [0.3, 0.4) is 0 Å². The zero-order valence-electron chi connectivity index (χ0n) is 9.44. The van der Waals surface area contributed by atoms with Gasteiger partial charge in [0.05, 0.1) is 0 Å². The van der Waals surface area contributed by atoms with Gasteiger partial charge in [-0.3, -0.25) is 0 Å². The fraction of sp³-hybridized carbons (Fsp3) is 0.538. The molecule has 0 heterocycles. The lowest BCUT2D eigenvalue weighted by molar-refractivity contribution is 0.453. The fourth-order valence-corrected chi connectivity index (χ4v) is 2.64. The Hall–Kier alpha value is -0.890. The van der Waals surface area contributed by atoms with Crippen LogP contribution in [0.25, 0.3) is 0 Å². The van der Waals surface area contributed by atoms with Crippen molar-refractivity contribution < 1.29 is 4.39 Å². The molecule has 0 aliphatic heterocycles. The lowest BCUT2D eigenvalue weighted by Crippen LogP contribution is -2.34. The molecule has 0 bridgehead atoms. The number of hydrogen-bond acceptors (Lipinski definition) is 1. The molecule has 0 saturated heterocycles. The van der Waals surface area contributed by atoms with Crippen LogP contribution in [0.5, 0.6) is 0 Å². The summed E-state index contributed by atoms with van der Waals surface area (Å²) in [5, 5.41) is 0. The molecule has 1 aliphatic rings. The van der Waals surface area contributed by atoms with E-state index in [9.17, 15) is 4.39 Å². The van der Waals surface area contributed by atoms with Crippen LogP contribution in [0.15, 0.2) is 12.1 Å². The summed E-state index contributed by atoms with van der Waals surface area (Å²) in [6.07, 6.45) is 4.28. The van der Waals surface area contributed by atoms with Gasteiger partial charge in [0.1, 0.15) is 5.82 Å². The molecule has 0 radical (unpaired) electrons. The highest BCUT2D eigenvalue weighted by Gasteiger charge is 2.33. The summed E-state index contributed by atoms with van der Waals surface area (Å²) < 4.78 is 13.8. The molecule has 15 heavy (non-hydrogen) atoms. The first-order valence-electron chi connectivity index (χ1n) is 5.60. The van der Waals surface area contributed by atoms with Crippen molar-refractivity contribution in [1.29, 1.82) is 0 Å². The minimum absolute atomic E-state index is 0.0933. The molecule has 0 spiro atoms. The number of halogens is 1. The van der Waals surface area contributed by atoms with Crippen LogP contribution in [0.1, 0.15) is 42.4 Å². The van der Waals surface area contributed by atoms with Crippen LogP contribution in [-0.2, 0) is 5.54 Å². The average Bonchev–Trinajstić information content (AvgIpc) is 2.62. The monoisotopic (exact) mass is 207 g/mol. The molecule has 1 fully saturated rings. The van der Waals surface area contributed by atoms with Crippen molar-refractivity contribution in [3.8, 4) is 0 Å². The molecule has 0 unspecified atom stereocenters. The molecule has 2 rings (SSSR count). The van der Waals surface area contributed by atoms with Crippen LogP contribution in [0.2, 0.25) is 0 Å². The normalized spacial score (nSPS) is 19.5. The van der Waals surface area contributed by atoms with Gasteiger partial charge in [0.25, 0.3) is 0 Å². The van der Waals surface area contributed by atoms with Crippen molar-refractivity contribution in [2.75, 3.05) is 0 Å². The lowest BCUT2D eigenvalue weighted by atomic mass is 9.85. The zero-order chi connectivity index (χ0) is 11.1. The standard InChI is InChI=1S/C13H18FN/c1-9-5-6-11(10(2)12(9)14)13(15)7-3-4-8-13/h5-6H,3-4,7-8,15H2,1-2H3. The van der Waals surface area contributed by atoms with Crippen molar-refractivity contribution in [1.82, 2.24) is 0 Å². The van der Waals surface area contributed by atoms with Crippen LogP contribution in [-0.4, -0.2) is 0 Å². The van der Waals surface area contributed by atoms with Gasteiger partial charge in [-0.2, -0.15) is 0 Å². The first-order chi connectivity index (χ1) is 7.04. The van der Waals surface area contributed by atoms with Crippen LogP contribution in [0, 0.1) is 19.7 Å². The highest BCUT2D eigenvalue weighted by molar-refractivity contribution is 5.37. The smallest absolute Gasteiger partial charge is 0.129 e. The summed E-state index contributed by atoms with van der Waals surface area (Å²) in [5.41, 5.74) is 8.50. The predicted molar refractivity (Wildman–Crippen MR) is 60.2 cm³/mol. The van der Waals surface area contributed by atoms with Gasteiger partial charge < -0.3 is 5.73 Å². The molecule has 82 valence electrons. The SMILES string of the molecule is Cc1ccc(C2(N)CCCC2)c(C)c1F. The maximum atomic E-state index is 13.8. The molecule has 0 atom stereocenters. The second-order valence-electron chi connectivity index (χ2n) is 4.73. The summed E-state index contributed by atoms with van der Waals surface area (Å²) in [7, 11) is 0. The van der Waals surface area contributed by atoms with Crippen molar-refractivity contribution in [2.45, 2.75) is 45.1 Å². The Morgan fingerprint density at radius 2 is 1.80 bits per heavy atom. The largest absolute Gasteiger partial charge is 0.321 e. The quantitative estimate of drug-likeness (QED) is 0.752. The van der Waals surface area contributed by atoms with E-state index in [1.807, 2.05) is 19.1 Å². The van der Waals surface area contributed by atoms with Gasteiger partial charge >= 0.3 is 0 Å². The highest BCUT2D eigenvalue weighted by Crippen LogP contribution is 2.38. The summed E-state index contributed by atoms with van der Waals surface area (Å²) >= 11 is 0. The van der Waals surface area contributed by atoms with Gasteiger partial charge in [0.15, 0.2) is 0 Å². The van der Waals surface area contributed by atoms with Gasteiger partial charge in [0.2, 0.25) is 0 Å². The lowest BCUT2D eigenvalue weighted by Gasteiger charge is -2.26. The zero-order valence-corrected chi connectivity index (χ0v) is 9.44. The highest BCUT2D eigenvalue weighted by atomic mass is 19.1. The number of hydrogen-bond donors (Lipinski definition) is 1. The van der Waals surface area contributed by atoms with Crippen molar-refractivity contribution in [3.05, 3.63) is 34.6 Å². The maximum absolute atomic E-state index is 13.8. The number of benzene rings is 1. The first-order valence-corrected chi connectivity index (χ1v) is 5.60. The van der Waals surface area contributed by atoms with Gasteiger partial charge in [-0.05, 0) is 43.4 Å². The van der Waals surface area contributed by atoms with Crippen molar-refractivity contribution in [2.24, 2.45) is 5.73 Å². The van der Waals surface area contributed by atoms with E-state index in [-0.39, 0.29) is 11.4 Å². The summed E-state index contributed by atoms with van der Waals surface area (Å²) in [6.45, 7) is 3.63. The van der Waals surface area contributed by atoms with E-state index in [2.05, 4.69) is 0 Å². The predicted octanol–water partition coefficient (Wildman–Crippen LogP) is 3.17. The molecule has 0 aromatic heterocycles.